The van der Waals surface area contributed by atoms with Gasteiger partial charge in [0.2, 0.25) is 11.1 Å². The number of rotatable bonds is 9. The van der Waals surface area contributed by atoms with Gasteiger partial charge in [0.15, 0.2) is 0 Å². The van der Waals surface area contributed by atoms with Crippen molar-refractivity contribution < 1.29 is 23.8 Å². The molecule has 4 aromatic rings. The second-order valence-electron chi connectivity index (χ2n) is 8.81. The fraction of sp³-hybridized carbons (Fsp3) is 0.320. The van der Waals surface area contributed by atoms with Crippen molar-refractivity contribution in [2.24, 2.45) is 0 Å². The van der Waals surface area contributed by atoms with Crippen LogP contribution in [0.1, 0.15) is 49.6 Å². The van der Waals surface area contributed by atoms with E-state index in [1.54, 1.807) is 43.3 Å². The van der Waals surface area contributed by atoms with E-state index in [2.05, 4.69) is 4.98 Å². The fourth-order valence-corrected chi connectivity index (χ4v) is 5.24. The molecule has 10 nitrogen and oxygen atoms in total. The van der Waals surface area contributed by atoms with Crippen LogP contribution < -0.4 is 11.2 Å². The van der Waals surface area contributed by atoms with Crippen molar-refractivity contribution in [3.8, 4) is 0 Å². The first-order chi connectivity index (χ1) is 17.5. The van der Waals surface area contributed by atoms with Gasteiger partial charge in [-0.1, -0.05) is 37.3 Å². The molecule has 0 fully saturated rings. The number of hydrogen-bond donors (Lipinski definition) is 1. The molecule has 0 amide bonds. The summed E-state index contributed by atoms with van der Waals surface area (Å²) in [7, 11) is 0. The molecule has 0 aliphatic rings. The highest BCUT2D eigenvalue weighted by Gasteiger charge is 2.35. The van der Waals surface area contributed by atoms with Crippen molar-refractivity contribution in [1.82, 2.24) is 14.1 Å². The van der Waals surface area contributed by atoms with Gasteiger partial charge in [0, 0.05) is 11.3 Å². The third-order valence-corrected chi connectivity index (χ3v) is 7.17. The zero-order valence-electron chi connectivity index (χ0n) is 20.3. The van der Waals surface area contributed by atoms with Crippen LogP contribution in [0.2, 0.25) is 5.22 Å². The smallest absolute Gasteiger partial charge is 0.333 e. The standard InChI is InChI=1S/C25H24ClN3O7S/c1-4-20(30)35-17(14-8-6-5-7-9-14)13-28-21(31)16-10-15(11-19-27-12-18(26)36-19)37-22(16)29(24(28)34)25(2,3)23(32)33/h5-10,12,17H,4,11,13H2,1-3H3,(H,32,33)/t17-/m0/s1. The van der Waals surface area contributed by atoms with E-state index in [0.29, 0.717) is 16.3 Å². The number of carboxylic acid groups (broad SMARTS) is 1. The quantitative estimate of drug-likeness (QED) is 0.312. The first-order valence-electron chi connectivity index (χ1n) is 11.4. The van der Waals surface area contributed by atoms with Crippen LogP contribution in [-0.4, -0.2) is 31.2 Å². The molecule has 0 radical (unpaired) electrons. The summed E-state index contributed by atoms with van der Waals surface area (Å²) in [5, 5.41) is 10.2. The van der Waals surface area contributed by atoms with Crippen molar-refractivity contribution in [2.45, 2.75) is 51.8 Å². The number of benzene rings is 1. The Bertz CT molecular complexity index is 1580. The Morgan fingerprint density at radius 3 is 2.54 bits per heavy atom. The summed E-state index contributed by atoms with van der Waals surface area (Å²) in [4.78, 5) is 56.6. The number of carbonyl (C=O) groups is 2. The maximum atomic E-state index is 13.7. The van der Waals surface area contributed by atoms with E-state index in [4.69, 9.17) is 20.8 Å². The Balaban J connectivity index is 1.91. The van der Waals surface area contributed by atoms with Crippen LogP contribution in [0.4, 0.5) is 0 Å². The van der Waals surface area contributed by atoms with Crippen LogP contribution in [0.15, 0.2) is 56.6 Å². The number of oxazole rings is 1. The van der Waals surface area contributed by atoms with Crippen LogP contribution >= 0.6 is 22.9 Å². The van der Waals surface area contributed by atoms with E-state index >= 15 is 0 Å². The molecule has 0 spiro atoms. The number of carbonyl (C=O) groups excluding carboxylic acids is 1. The Morgan fingerprint density at radius 2 is 1.95 bits per heavy atom. The summed E-state index contributed by atoms with van der Waals surface area (Å²) in [5.74, 6) is -1.46. The van der Waals surface area contributed by atoms with Gasteiger partial charge in [0.25, 0.3) is 5.56 Å². The van der Waals surface area contributed by atoms with E-state index < -0.39 is 34.8 Å². The summed E-state index contributed by atoms with van der Waals surface area (Å²) in [6.07, 6.45) is 0.702. The summed E-state index contributed by atoms with van der Waals surface area (Å²) >= 11 is 6.91. The number of fused-ring (bicyclic) bond motifs is 1. The normalized spacial score (nSPS) is 12.5. The molecule has 37 heavy (non-hydrogen) atoms. The molecule has 3 heterocycles. The third-order valence-electron chi connectivity index (χ3n) is 5.88. The number of carboxylic acids is 1. The lowest BCUT2D eigenvalue weighted by Gasteiger charge is -2.25. The predicted octanol–water partition coefficient (Wildman–Crippen LogP) is 3.97. The van der Waals surface area contributed by atoms with Gasteiger partial charge in [-0.05, 0) is 37.1 Å². The largest absolute Gasteiger partial charge is 0.480 e. The molecule has 0 aliphatic heterocycles. The second-order valence-corrected chi connectivity index (χ2v) is 10.3. The average Bonchev–Trinajstić information content (AvgIpc) is 3.47. The molecule has 194 valence electrons. The highest BCUT2D eigenvalue weighted by Crippen LogP contribution is 2.29. The fourth-order valence-electron chi connectivity index (χ4n) is 3.83. The average molecular weight is 546 g/mol. The van der Waals surface area contributed by atoms with Gasteiger partial charge in [-0.25, -0.2) is 14.6 Å². The van der Waals surface area contributed by atoms with Crippen molar-refractivity contribution in [3.05, 3.63) is 85.0 Å². The van der Waals surface area contributed by atoms with E-state index in [1.165, 1.54) is 20.0 Å². The monoisotopic (exact) mass is 545 g/mol. The van der Waals surface area contributed by atoms with Gasteiger partial charge >= 0.3 is 17.6 Å². The van der Waals surface area contributed by atoms with Gasteiger partial charge in [-0.2, -0.15) is 0 Å². The summed E-state index contributed by atoms with van der Waals surface area (Å²) in [5.41, 5.74) is -2.56. The molecule has 0 aliphatic carbocycles. The summed E-state index contributed by atoms with van der Waals surface area (Å²) in [6.45, 7) is 4.10. The van der Waals surface area contributed by atoms with Crippen molar-refractivity contribution in [3.63, 3.8) is 0 Å². The lowest BCUT2D eigenvalue weighted by molar-refractivity contribution is -0.149. The van der Waals surface area contributed by atoms with E-state index in [1.807, 2.05) is 0 Å². The second kappa shape index (κ2) is 10.3. The Morgan fingerprint density at radius 1 is 1.24 bits per heavy atom. The zero-order valence-corrected chi connectivity index (χ0v) is 21.8. The van der Waals surface area contributed by atoms with E-state index in [-0.39, 0.29) is 34.8 Å². The van der Waals surface area contributed by atoms with E-state index in [0.717, 1.165) is 20.5 Å². The van der Waals surface area contributed by atoms with Crippen LogP contribution in [0.5, 0.6) is 0 Å². The lowest BCUT2D eigenvalue weighted by atomic mass is 10.1. The number of aromatic nitrogens is 3. The Kier molecular flexibility index (Phi) is 7.37. The number of thiophene rings is 1. The topological polar surface area (TPSA) is 134 Å². The van der Waals surface area contributed by atoms with Crippen molar-refractivity contribution in [2.75, 3.05) is 0 Å². The van der Waals surface area contributed by atoms with Gasteiger partial charge < -0.3 is 14.3 Å². The third kappa shape index (κ3) is 5.23. The summed E-state index contributed by atoms with van der Waals surface area (Å²) < 4.78 is 12.9. The number of esters is 1. The minimum Gasteiger partial charge on any atom is -0.480 e. The molecule has 4 rings (SSSR count). The van der Waals surface area contributed by atoms with Gasteiger partial charge in [-0.15, -0.1) is 11.3 Å². The SMILES string of the molecule is CCC(=O)O[C@@H](Cn1c(=O)c2cc(Cc3ncc(Cl)o3)sc2n(C(C)(C)C(=O)O)c1=O)c1ccccc1. The van der Waals surface area contributed by atoms with E-state index in [9.17, 15) is 24.3 Å². The van der Waals surface area contributed by atoms with Crippen molar-refractivity contribution >= 4 is 45.1 Å². The number of halogens is 1. The van der Waals surface area contributed by atoms with Gasteiger partial charge in [0.05, 0.1) is 24.5 Å². The first kappa shape index (κ1) is 26.4. The minimum absolute atomic E-state index is 0.103. The van der Waals surface area contributed by atoms with Crippen LogP contribution in [0.3, 0.4) is 0 Å². The summed E-state index contributed by atoms with van der Waals surface area (Å²) in [6, 6.07) is 10.3. The molecule has 12 heteroatoms. The lowest BCUT2D eigenvalue weighted by Crippen LogP contribution is -2.49. The molecule has 1 N–H and O–H groups in total. The maximum absolute atomic E-state index is 13.7. The molecule has 1 aromatic carbocycles. The molecule has 0 bridgehead atoms. The maximum Gasteiger partial charge on any atom is 0.333 e. The van der Waals surface area contributed by atoms with Crippen LogP contribution in [0, 0.1) is 0 Å². The number of ether oxygens (including phenoxy) is 1. The molecular formula is C25H24ClN3O7S. The Hall–Kier alpha value is -3.70. The number of aliphatic carboxylic acids is 1. The molecule has 0 saturated carbocycles. The predicted molar refractivity (Wildman–Crippen MR) is 137 cm³/mol. The molecule has 1 atom stereocenters. The molecular weight excluding hydrogens is 522 g/mol. The van der Waals surface area contributed by atoms with Crippen LogP contribution in [0.25, 0.3) is 10.2 Å². The van der Waals surface area contributed by atoms with Crippen LogP contribution in [-0.2, 0) is 32.8 Å². The highest BCUT2D eigenvalue weighted by atomic mass is 35.5. The highest BCUT2D eigenvalue weighted by molar-refractivity contribution is 7.18. The van der Waals surface area contributed by atoms with Gasteiger partial charge in [-0.3, -0.25) is 18.7 Å². The minimum atomic E-state index is -1.69. The zero-order chi connectivity index (χ0) is 26.9. The molecule has 0 saturated heterocycles. The van der Waals surface area contributed by atoms with Crippen molar-refractivity contribution in [1.29, 1.82) is 0 Å². The van der Waals surface area contributed by atoms with Gasteiger partial charge in [0.1, 0.15) is 16.5 Å². The molecule has 0 unspecified atom stereocenters. The Labute approximate surface area is 219 Å². The first-order valence-corrected chi connectivity index (χ1v) is 12.6. The number of nitrogens with zero attached hydrogens (tertiary/aromatic N) is 3. The molecule has 3 aromatic heterocycles. The number of hydrogen-bond acceptors (Lipinski definition) is 8.